The third kappa shape index (κ3) is 3.43. The first-order valence-electron chi connectivity index (χ1n) is 5.22. The number of nitrogens with zero attached hydrogens (tertiary/aromatic N) is 2. The largest absolute Gasteiger partial charge is 0.306 e. The summed E-state index contributed by atoms with van der Waals surface area (Å²) in [6.07, 6.45) is 2.97. The summed E-state index contributed by atoms with van der Waals surface area (Å²) >= 11 is 14.8. The molecule has 19 heavy (non-hydrogen) atoms. The first kappa shape index (κ1) is 14.2. The minimum atomic E-state index is -0.344. The number of carbonyl (C=O) groups excluding carboxylic acids is 1. The van der Waals surface area contributed by atoms with Crippen molar-refractivity contribution in [2.45, 2.75) is 6.92 Å². The minimum Gasteiger partial charge on any atom is -0.306 e. The minimum absolute atomic E-state index is 0.163. The van der Waals surface area contributed by atoms with E-state index in [1.165, 1.54) is 12.3 Å². The van der Waals surface area contributed by atoms with Gasteiger partial charge in [-0.25, -0.2) is 9.97 Å². The van der Waals surface area contributed by atoms with Gasteiger partial charge in [0.2, 0.25) is 0 Å². The van der Waals surface area contributed by atoms with Crippen LogP contribution in [0.3, 0.4) is 0 Å². The maximum atomic E-state index is 12.0. The van der Waals surface area contributed by atoms with Gasteiger partial charge in [0.05, 0.1) is 10.6 Å². The van der Waals surface area contributed by atoms with Gasteiger partial charge in [0, 0.05) is 16.9 Å². The Morgan fingerprint density at radius 1 is 1.26 bits per heavy atom. The molecule has 2 rings (SSSR count). The summed E-state index contributed by atoms with van der Waals surface area (Å²) in [5, 5.41) is 3.08. The van der Waals surface area contributed by atoms with Crippen molar-refractivity contribution in [1.82, 2.24) is 9.97 Å². The molecule has 0 bridgehead atoms. The quantitative estimate of drug-likeness (QED) is 0.820. The summed E-state index contributed by atoms with van der Waals surface area (Å²) in [7, 11) is 0. The zero-order chi connectivity index (χ0) is 14.0. The van der Waals surface area contributed by atoms with Gasteiger partial charge in [-0.15, -0.1) is 0 Å². The molecule has 1 amide bonds. The number of rotatable bonds is 2. The molecule has 2 aromatic rings. The molecule has 0 aliphatic rings. The summed E-state index contributed by atoms with van der Waals surface area (Å²) in [4.78, 5) is 20.0. The summed E-state index contributed by atoms with van der Waals surface area (Å²) in [5.41, 5.74) is 1.16. The second-order valence-corrected chi connectivity index (χ2v) is 5.45. The fraction of sp³-hybridized carbons (Fsp3) is 0.0833. The van der Waals surface area contributed by atoms with Gasteiger partial charge in [-0.05, 0) is 40.5 Å². The smallest absolute Gasteiger partial charge is 0.258 e. The van der Waals surface area contributed by atoms with Crippen LogP contribution in [0.1, 0.15) is 15.9 Å². The van der Waals surface area contributed by atoms with Crippen LogP contribution in [0.2, 0.25) is 10.2 Å². The topological polar surface area (TPSA) is 54.9 Å². The molecule has 0 aliphatic heterocycles. The Balaban J connectivity index is 2.23. The van der Waals surface area contributed by atoms with Crippen molar-refractivity contribution in [3.8, 4) is 0 Å². The molecule has 7 heteroatoms. The number of amides is 1. The van der Waals surface area contributed by atoms with E-state index in [1.807, 2.05) is 13.0 Å². The Labute approximate surface area is 128 Å². The Morgan fingerprint density at radius 3 is 2.63 bits per heavy atom. The summed E-state index contributed by atoms with van der Waals surface area (Å²) in [5.74, 6) is 0.142. The molecule has 98 valence electrons. The number of hydrogen-bond acceptors (Lipinski definition) is 3. The van der Waals surface area contributed by atoms with E-state index >= 15 is 0 Å². The van der Waals surface area contributed by atoms with E-state index in [0.717, 1.165) is 10.0 Å². The Hall–Kier alpha value is -1.17. The standard InChI is InChI=1S/C12H8BrCl2N3O/c1-6-2-8(13)5-17-11(6)18-12(19)7-3-9(14)10(15)16-4-7/h2-5H,1H3,(H,17,18,19). The van der Waals surface area contributed by atoms with Crippen LogP contribution in [0.5, 0.6) is 0 Å². The molecule has 0 spiro atoms. The first-order chi connectivity index (χ1) is 8.97. The van der Waals surface area contributed by atoms with Crippen LogP contribution >= 0.6 is 39.1 Å². The van der Waals surface area contributed by atoms with Crippen molar-refractivity contribution in [2.75, 3.05) is 5.32 Å². The van der Waals surface area contributed by atoms with Crippen LogP contribution in [-0.2, 0) is 0 Å². The molecule has 0 aromatic carbocycles. The fourth-order valence-corrected chi connectivity index (χ4v) is 2.11. The van der Waals surface area contributed by atoms with Gasteiger partial charge in [-0.1, -0.05) is 23.2 Å². The summed E-state index contributed by atoms with van der Waals surface area (Å²) < 4.78 is 0.846. The molecule has 0 unspecified atom stereocenters. The molecular weight excluding hydrogens is 353 g/mol. The number of aromatic nitrogens is 2. The van der Waals surface area contributed by atoms with Crippen LogP contribution in [0.4, 0.5) is 5.82 Å². The van der Waals surface area contributed by atoms with Crippen molar-refractivity contribution in [2.24, 2.45) is 0 Å². The van der Waals surface area contributed by atoms with Crippen LogP contribution < -0.4 is 5.32 Å². The number of carbonyl (C=O) groups is 1. The Kier molecular flexibility index (Phi) is 4.39. The van der Waals surface area contributed by atoms with Crippen LogP contribution in [-0.4, -0.2) is 15.9 Å². The highest BCUT2D eigenvalue weighted by Gasteiger charge is 2.11. The van der Waals surface area contributed by atoms with E-state index in [9.17, 15) is 4.79 Å². The van der Waals surface area contributed by atoms with Gasteiger partial charge in [-0.2, -0.15) is 0 Å². The average Bonchev–Trinajstić information content (AvgIpc) is 2.36. The maximum Gasteiger partial charge on any atom is 0.258 e. The van der Waals surface area contributed by atoms with Crippen molar-refractivity contribution in [3.63, 3.8) is 0 Å². The molecule has 2 aromatic heterocycles. The van der Waals surface area contributed by atoms with E-state index in [2.05, 4.69) is 31.2 Å². The number of pyridine rings is 2. The Morgan fingerprint density at radius 2 is 2.00 bits per heavy atom. The monoisotopic (exact) mass is 359 g/mol. The normalized spacial score (nSPS) is 10.3. The van der Waals surface area contributed by atoms with Gasteiger partial charge in [0.1, 0.15) is 11.0 Å². The number of halogens is 3. The zero-order valence-electron chi connectivity index (χ0n) is 9.75. The van der Waals surface area contributed by atoms with Gasteiger partial charge in [0.25, 0.3) is 5.91 Å². The molecule has 1 N–H and O–H groups in total. The van der Waals surface area contributed by atoms with Gasteiger partial charge in [0.15, 0.2) is 0 Å². The predicted octanol–water partition coefficient (Wildman–Crippen LogP) is 4.11. The van der Waals surface area contributed by atoms with Gasteiger partial charge in [-0.3, -0.25) is 4.79 Å². The van der Waals surface area contributed by atoms with Crippen LogP contribution in [0.15, 0.2) is 29.0 Å². The second-order valence-electron chi connectivity index (χ2n) is 3.77. The lowest BCUT2D eigenvalue weighted by Crippen LogP contribution is -2.14. The van der Waals surface area contributed by atoms with E-state index in [1.54, 1.807) is 6.20 Å². The van der Waals surface area contributed by atoms with E-state index in [0.29, 0.717) is 11.4 Å². The SMILES string of the molecule is Cc1cc(Br)cnc1NC(=O)c1cnc(Cl)c(Cl)c1. The van der Waals surface area contributed by atoms with Gasteiger partial charge >= 0.3 is 0 Å². The summed E-state index contributed by atoms with van der Waals surface area (Å²) in [6, 6.07) is 3.32. The van der Waals surface area contributed by atoms with E-state index < -0.39 is 0 Å². The maximum absolute atomic E-state index is 12.0. The number of aryl methyl sites for hydroxylation is 1. The molecule has 0 saturated heterocycles. The van der Waals surface area contributed by atoms with Crippen molar-refractivity contribution < 1.29 is 4.79 Å². The third-order valence-corrected chi connectivity index (χ3v) is 3.46. The first-order valence-corrected chi connectivity index (χ1v) is 6.77. The summed E-state index contributed by atoms with van der Waals surface area (Å²) in [6.45, 7) is 1.85. The van der Waals surface area contributed by atoms with Crippen LogP contribution in [0, 0.1) is 6.92 Å². The third-order valence-electron chi connectivity index (χ3n) is 2.34. The highest BCUT2D eigenvalue weighted by Crippen LogP contribution is 2.21. The molecular formula is C12H8BrCl2N3O. The van der Waals surface area contributed by atoms with Crippen molar-refractivity contribution in [3.05, 3.63) is 50.3 Å². The number of nitrogens with one attached hydrogen (secondary N) is 1. The van der Waals surface area contributed by atoms with Crippen molar-refractivity contribution in [1.29, 1.82) is 0 Å². The Bertz CT molecular complexity index is 649. The van der Waals surface area contributed by atoms with E-state index in [4.69, 9.17) is 23.2 Å². The molecule has 0 fully saturated rings. The molecule has 2 heterocycles. The molecule has 0 atom stereocenters. The van der Waals surface area contributed by atoms with Crippen molar-refractivity contribution >= 4 is 50.9 Å². The second kappa shape index (κ2) is 5.86. The zero-order valence-corrected chi connectivity index (χ0v) is 12.8. The molecule has 0 radical (unpaired) electrons. The number of anilines is 1. The highest BCUT2D eigenvalue weighted by molar-refractivity contribution is 9.10. The average molecular weight is 361 g/mol. The predicted molar refractivity (Wildman–Crippen MR) is 78.9 cm³/mol. The van der Waals surface area contributed by atoms with E-state index in [-0.39, 0.29) is 16.1 Å². The molecule has 4 nitrogen and oxygen atoms in total. The van der Waals surface area contributed by atoms with Crippen LogP contribution in [0.25, 0.3) is 0 Å². The lowest BCUT2D eigenvalue weighted by molar-refractivity contribution is 0.102. The number of hydrogen-bond donors (Lipinski definition) is 1. The fourth-order valence-electron chi connectivity index (χ4n) is 1.40. The lowest BCUT2D eigenvalue weighted by atomic mass is 10.2. The highest BCUT2D eigenvalue weighted by atomic mass is 79.9. The van der Waals surface area contributed by atoms with Gasteiger partial charge < -0.3 is 5.32 Å². The molecule has 0 saturated carbocycles. The lowest BCUT2D eigenvalue weighted by Gasteiger charge is -2.07. The molecule has 0 aliphatic carbocycles.